The zero-order chi connectivity index (χ0) is 24.5. The van der Waals surface area contributed by atoms with E-state index >= 15 is 0 Å². The molecule has 1 N–H and O–H groups in total. The largest absolute Gasteiger partial charge is 0.389 e. The molecule has 0 spiro atoms. The van der Waals surface area contributed by atoms with Gasteiger partial charge < -0.3 is 0 Å². The molecule has 2 heterocycles. The van der Waals surface area contributed by atoms with Crippen molar-refractivity contribution in [1.29, 1.82) is 0 Å². The first-order valence-corrected chi connectivity index (χ1v) is 14.0. The third kappa shape index (κ3) is 5.39. The summed E-state index contributed by atoms with van der Waals surface area (Å²) >= 11 is 2.92. The average Bonchev–Trinajstić information content (AvgIpc) is 3.36. The van der Waals surface area contributed by atoms with Crippen LogP contribution in [0.15, 0.2) is 63.1 Å². The molecule has 3 aromatic rings. The van der Waals surface area contributed by atoms with Gasteiger partial charge in [0.15, 0.2) is 5.84 Å². The van der Waals surface area contributed by atoms with Gasteiger partial charge in [-0.15, -0.1) is 11.3 Å². The molecule has 1 aromatic heterocycles. The summed E-state index contributed by atoms with van der Waals surface area (Å²) in [6, 6.07) is 13.0. The maximum Gasteiger partial charge on any atom is 0.389 e. The molecule has 0 saturated carbocycles. The molecule has 1 aliphatic heterocycles. The van der Waals surface area contributed by atoms with Crippen LogP contribution >= 0.6 is 27.3 Å². The fourth-order valence-electron chi connectivity index (χ4n) is 3.28. The maximum absolute atomic E-state index is 13.6. The van der Waals surface area contributed by atoms with Gasteiger partial charge in [0.1, 0.15) is 5.00 Å². The highest BCUT2D eigenvalue weighted by Gasteiger charge is 2.30. The molecule has 0 saturated heterocycles. The molecule has 7 nitrogen and oxygen atoms in total. The van der Waals surface area contributed by atoms with E-state index in [-0.39, 0.29) is 30.1 Å². The Hall–Kier alpha value is -2.16. The number of unbranched alkanes of at least 4 members (excludes halogenated alkanes) is 1. The Morgan fingerprint density at radius 3 is 2.44 bits per heavy atom. The van der Waals surface area contributed by atoms with E-state index in [2.05, 4.69) is 30.1 Å². The van der Waals surface area contributed by atoms with Gasteiger partial charge in [-0.05, 0) is 64.3 Å². The summed E-state index contributed by atoms with van der Waals surface area (Å²) in [5.41, 5.74) is 0.463. The Morgan fingerprint density at radius 2 is 1.82 bits per heavy atom. The SMILES string of the molecule is O=S1NC(c2ccc(S(=O)(=O)N(CCCCC(F)(F)F)c3sc4ccccc4c3Br)cc2)=NO1. The number of amidine groups is 1. The molecule has 1 atom stereocenters. The molecule has 4 rings (SSSR count). The second-order valence-corrected chi connectivity index (χ2v) is 11.8. The topological polar surface area (TPSA) is 88.1 Å². The molecule has 34 heavy (non-hydrogen) atoms. The number of fused-ring (bicyclic) bond motifs is 1. The number of benzene rings is 2. The van der Waals surface area contributed by atoms with Gasteiger partial charge in [0.25, 0.3) is 10.0 Å². The van der Waals surface area contributed by atoms with Crippen molar-refractivity contribution in [2.24, 2.45) is 5.16 Å². The molecular formula is C20H17BrF3N3O4S3. The van der Waals surface area contributed by atoms with Crippen molar-refractivity contribution in [3.8, 4) is 0 Å². The first kappa shape index (κ1) is 24.9. The van der Waals surface area contributed by atoms with Gasteiger partial charge in [-0.3, -0.25) is 13.3 Å². The molecule has 0 aliphatic carbocycles. The maximum atomic E-state index is 13.6. The molecule has 182 valence electrons. The fraction of sp³-hybridized carbons (Fsp3) is 0.250. The molecule has 0 bridgehead atoms. The second kappa shape index (κ2) is 9.84. The van der Waals surface area contributed by atoms with Crippen LogP contribution in [0.4, 0.5) is 18.2 Å². The van der Waals surface area contributed by atoms with Crippen LogP contribution in [0.1, 0.15) is 24.8 Å². The van der Waals surface area contributed by atoms with E-state index in [1.165, 1.54) is 35.6 Å². The summed E-state index contributed by atoms with van der Waals surface area (Å²) in [4.78, 5) is -0.0444. The van der Waals surface area contributed by atoms with Gasteiger partial charge in [-0.25, -0.2) is 8.42 Å². The smallest absolute Gasteiger partial charge is 0.269 e. The van der Waals surface area contributed by atoms with Crippen LogP contribution in [0, 0.1) is 0 Å². The van der Waals surface area contributed by atoms with E-state index in [1.54, 1.807) is 0 Å². The number of sulfonamides is 1. The summed E-state index contributed by atoms with van der Waals surface area (Å²) in [6.45, 7) is -0.118. The Kier molecular flexibility index (Phi) is 7.22. The number of hydrogen-bond donors (Lipinski definition) is 1. The number of halogens is 4. The normalized spacial score (nSPS) is 16.2. The third-order valence-corrected chi connectivity index (χ3v) is 9.67. The lowest BCUT2D eigenvalue weighted by atomic mass is 10.2. The summed E-state index contributed by atoms with van der Waals surface area (Å²) in [5, 5.41) is 4.82. The van der Waals surface area contributed by atoms with E-state index in [4.69, 9.17) is 0 Å². The van der Waals surface area contributed by atoms with Crippen LogP contribution in [-0.4, -0.2) is 31.2 Å². The number of thiophene rings is 1. The number of rotatable bonds is 8. The lowest BCUT2D eigenvalue weighted by Crippen LogP contribution is -2.32. The highest BCUT2D eigenvalue weighted by Crippen LogP contribution is 2.44. The Bertz CT molecular complexity index is 1360. The molecule has 2 aromatic carbocycles. The second-order valence-electron chi connectivity index (χ2n) is 7.24. The number of hydrogen-bond acceptors (Lipinski definition) is 6. The monoisotopic (exact) mass is 595 g/mol. The first-order chi connectivity index (χ1) is 16.1. The number of nitrogens with one attached hydrogen (secondary N) is 1. The number of oxime groups is 1. The minimum Gasteiger partial charge on any atom is -0.269 e. The summed E-state index contributed by atoms with van der Waals surface area (Å²) in [7, 11) is -4.11. The lowest BCUT2D eigenvalue weighted by Gasteiger charge is -2.24. The average molecular weight is 596 g/mol. The van der Waals surface area contributed by atoms with Gasteiger partial charge in [0.05, 0.1) is 9.37 Å². The van der Waals surface area contributed by atoms with Crippen molar-refractivity contribution in [2.75, 3.05) is 10.8 Å². The first-order valence-electron chi connectivity index (χ1n) is 9.87. The highest BCUT2D eigenvalue weighted by atomic mass is 79.9. The van der Waals surface area contributed by atoms with Crippen LogP contribution < -0.4 is 9.03 Å². The van der Waals surface area contributed by atoms with Crippen molar-refractivity contribution in [3.05, 3.63) is 58.6 Å². The molecule has 0 fully saturated rings. The van der Waals surface area contributed by atoms with Crippen LogP contribution in [0.2, 0.25) is 0 Å². The quantitative estimate of drug-likeness (QED) is 0.351. The Morgan fingerprint density at radius 1 is 1.12 bits per heavy atom. The van der Waals surface area contributed by atoms with Crippen LogP contribution in [-0.2, 0) is 25.6 Å². The predicted molar refractivity (Wildman–Crippen MR) is 129 cm³/mol. The van der Waals surface area contributed by atoms with Crippen LogP contribution in [0.5, 0.6) is 0 Å². The minimum atomic E-state index is -4.30. The minimum absolute atomic E-state index is 0.0292. The van der Waals surface area contributed by atoms with Crippen LogP contribution in [0.25, 0.3) is 10.1 Å². The van der Waals surface area contributed by atoms with Crippen molar-refractivity contribution >= 4 is 69.5 Å². The molecule has 1 unspecified atom stereocenters. The van der Waals surface area contributed by atoms with Gasteiger partial charge in [-0.1, -0.05) is 18.2 Å². The predicted octanol–water partition coefficient (Wildman–Crippen LogP) is 5.45. The Labute approximate surface area is 208 Å². The lowest BCUT2D eigenvalue weighted by molar-refractivity contribution is -0.135. The fourth-order valence-corrected chi connectivity index (χ4v) is 7.68. The highest BCUT2D eigenvalue weighted by molar-refractivity contribution is 9.10. The van der Waals surface area contributed by atoms with Crippen molar-refractivity contribution in [3.63, 3.8) is 0 Å². The molecule has 0 amide bonds. The van der Waals surface area contributed by atoms with E-state index in [0.717, 1.165) is 14.4 Å². The van der Waals surface area contributed by atoms with E-state index in [9.17, 15) is 25.8 Å². The molecular weight excluding hydrogens is 579 g/mol. The van der Waals surface area contributed by atoms with Gasteiger partial charge in [-0.2, -0.15) is 17.4 Å². The summed E-state index contributed by atoms with van der Waals surface area (Å²) in [5.74, 6) is 0.193. The van der Waals surface area contributed by atoms with Crippen molar-refractivity contribution in [2.45, 2.75) is 30.3 Å². The number of anilines is 1. The zero-order valence-electron chi connectivity index (χ0n) is 17.2. The number of nitrogens with zero attached hydrogens (tertiary/aromatic N) is 2. The molecule has 0 radical (unpaired) electrons. The summed E-state index contributed by atoms with van der Waals surface area (Å²) < 4.78 is 86.0. The van der Waals surface area contributed by atoms with Gasteiger partial charge in [0, 0.05) is 28.6 Å². The van der Waals surface area contributed by atoms with Gasteiger partial charge in [0.2, 0.25) is 0 Å². The zero-order valence-corrected chi connectivity index (χ0v) is 21.2. The van der Waals surface area contributed by atoms with Gasteiger partial charge >= 0.3 is 17.4 Å². The summed E-state index contributed by atoms with van der Waals surface area (Å²) in [6.07, 6.45) is -5.45. The van der Waals surface area contributed by atoms with E-state index < -0.39 is 33.9 Å². The third-order valence-electron chi connectivity index (χ3n) is 4.91. The standard InChI is InChI=1S/C20H17BrF3N3O4S3/c21-17-15-5-1-2-6-16(15)32-19(17)27(12-4-3-11-20(22,23)24)34(29,30)14-9-7-13(8-10-14)18-25-31-33(28)26-18/h1-2,5-10H,3-4,11-12H2,(H,25,26). The van der Waals surface area contributed by atoms with E-state index in [1.807, 2.05) is 24.3 Å². The molecule has 14 heteroatoms. The van der Waals surface area contributed by atoms with E-state index in [0.29, 0.717) is 15.0 Å². The van der Waals surface area contributed by atoms with Crippen molar-refractivity contribution < 1.29 is 30.1 Å². The van der Waals surface area contributed by atoms with Crippen LogP contribution in [0.3, 0.4) is 0 Å². The molecule has 1 aliphatic rings. The Balaban J connectivity index is 1.66. The number of alkyl halides is 3. The van der Waals surface area contributed by atoms with Crippen molar-refractivity contribution in [1.82, 2.24) is 4.72 Å².